The largest absolute Gasteiger partial charge is 0.395 e. The topological polar surface area (TPSA) is 49.3 Å². The van der Waals surface area contributed by atoms with Gasteiger partial charge in [0.2, 0.25) is 0 Å². The van der Waals surface area contributed by atoms with Gasteiger partial charge in [-0.1, -0.05) is 18.2 Å². The van der Waals surface area contributed by atoms with Crippen molar-refractivity contribution in [2.24, 2.45) is 0 Å². The average molecular weight is 166 g/mol. The van der Waals surface area contributed by atoms with Crippen molar-refractivity contribution in [2.75, 3.05) is 13.2 Å². The molecule has 1 aromatic carbocycles. The standard InChI is InChI=1S/C9H11NO2/c11-7-6-10-9(12)8-4-2-1-3-5-8/h1-5,11H,6-7H2,(H,10,12)/i4D. The van der Waals surface area contributed by atoms with Crippen molar-refractivity contribution in [3.05, 3.63) is 35.9 Å². The number of aliphatic hydroxyl groups excluding tert-OH is 1. The van der Waals surface area contributed by atoms with E-state index >= 15 is 0 Å². The second kappa shape index (κ2) is 4.51. The molecule has 0 saturated heterocycles. The van der Waals surface area contributed by atoms with Crippen molar-refractivity contribution in [3.63, 3.8) is 0 Å². The third-order valence-electron chi connectivity index (χ3n) is 1.35. The first-order valence-electron chi connectivity index (χ1n) is 4.20. The van der Waals surface area contributed by atoms with Crippen molar-refractivity contribution >= 4 is 5.91 Å². The molecule has 0 atom stereocenters. The van der Waals surface area contributed by atoms with Crippen LogP contribution >= 0.6 is 0 Å². The summed E-state index contributed by atoms with van der Waals surface area (Å²) in [4.78, 5) is 11.3. The van der Waals surface area contributed by atoms with Crippen LogP contribution in [0.2, 0.25) is 0 Å². The zero-order valence-electron chi connectivity index (χ0n) is 7.58. The maximum atomic E-state index is 11.3. The van der Waals surface area contributed by atoms with Crippen molar-refractivity contribution < 1.29 is 11.3 Å². The number of carbonyl (C=O) groups is 1. The van der Waals surface area contributed by atoms with Gasteiger partial charge in [0, 0.05) is 12.1 Å². The van der Waals surface area contributed by atoms with Gasteiger partial charge >= 0.3 is 0 Å². The summed E-state index contributed by atoms with van der Waals surface area (Å²) in [6.45, 7) is 0.124. The molecule has 0 bridgehead atoms. The lowest BCUT2D eigenvalue weighted by Gasteiger charge is -2.01. The molecular formula is C9H11NO2. The monoisotopic (exact) mass is 166 g/mol. The smallest absolute Gasteiger partial charge is 0.251 e. The van der Waals surface area contributed by atoms with Crippen LogP contribution in [-0.4, -0.2) is 24.2 Å². The Hall–Kier alpha value is -1.35. The molecule has 0 aliphatic heterocycles. The molecule has 0 radical (unpaired) electrons. The Morgan fingerprint density at radius 1 is 1.58 bits per heavy atom. The van der Waals surface area contributed by atoms with Gasteiger partial charge in [-0.15, -0.1) is 0 Å². The molecule has 0 saturated carbocycles. The molecule has 0 spiro atoms. The van der Waals surface area contributed by atoms with Gasteiger partial charge in [0.05, 0.1) is 7.98 Å². The van der Waals surface area contributed by atoms with Gasteiger partial charge in [0.15, 0.2) is 0 Å². The number of rotatable bonds is 3. The minimum Gasteiger partial charge on any atom is -0.395 e. The van der Waals surface area contributed by atoms with Crippen LogP contribution in [0.3, 0.4) is 0 Å². The first-order valence-corrected chi connectivity index (χ1v) is 3.70. The molecule has 1 aromatic rings. The number of carbonyl (C=O) groups excluding carboxylic acids is 1. The summed E-state index contributed by atoms with van der Waals surface area (Å²) in [6, 6.07) is 6.72. The van der Waals surface area contributed by atoms with Gasteiger partial charge in [0.1, 0.15) is 0 Å². The molecule has 0 unspecified atom stereocenters. The minimum absolute atomic E-state index is 0.0914. The number of nitrogens with one attached hydrogen (secondary N) is 1. The third-order valence-corrected chi connectivity index (χ3v) is 1.35. The first-order chi connectivity index (χ1) is 6.25. The zero-order valence-corrected chi connectivity index (χ0v) is 6.58. The highest BCUT2D eigenvalue weighted by atomic mass is 16.3. The van der Waals surface area contributed by atoms with E-state index in [-0.39, 0.29) is 25.1 Å². The fourth-order valence-corrected chi connectivity index (χ4v) is 0.799. The summed E-state index contributed by atoms with van der Waals surface area (Å²) in [5.74, 6) is -0.320. The molecule has 1 rings (SSSR count). The van der Waals surface area contributed by atoms with Gasteiger partial charge in [-0.05, 0) is 12.1 Å². The van der Waals surface area contributed by atoms with E-state index in [4.69, 9.17) is 6.48 Å². The van der Waals surface area contributed by atoms with Gasteiger partial charge in [0.25, 0.3) is 5.91 Å². The molecule has 64 valence electrons. The van der Waals surface area contributed by atoms with Gasteiger partial charge < -0.3 is 10.4 Å². The van der Waals surface area contributed by atoms with Crippen molar-refractivity contribution in [3.8, 4) is 0 Å². The second-order valence-electron chi connectivity index (χ2n) is 2.26. The number of hydrogen-bond acceptors (Lipinski definition) is 2. The normalized spacial score (nSPS) is 10.6. The number of hydrogen-bond donors (Lipinski definition) is 2. The van der Waals surface area contributed by atoms with E-state index in [0.29, 0.717) is 5.56 Å². The van der Waals surface area contributed by atoms with Crippen LogP contribution in [0.25, 0.3) is 0 Å². The van der Waals surface area contributed by atoms with Crippen molar-refractivity contribution in [1.82, 2.24) is 5.32 Å². The lowest BCUT2D eigenvalue weighted by atomic mass is 10.2. The molecular weight excluding hydrogens is 154 g/mol. The van der Waals surface area contributed by atoms with E-state index < -0.39 is 0 Å². The van der Waals surface area contributed by atoms with Crippen LogP contribution in [0, 0.1) is 0 Å². The summed E-state index contributed by atoms with van der Waals surface area (Å²) in [5, 5.41) is 11.0. The van der Waals surface area contributed by atoms with Gasteiger partial charge in [-0.25, -0.2) is 0 Å². The molecule has 0 heterocycles. The predicted molar refractivity (Wildman–Crippen MR) is 45.9 cm³/mol. The van der Waals surface area contributed by atoms with Crippen LogP contribution in [0.4, 0.5) is 0 Å². The fraction of sp³-hybridized carbons (Fsp3) is 0.222. The van der Waals surface area contributed by atoms with Crippen LogP contribution in [-0.2, 0) is 0 Å². The summed E-state index contributed by atoms with van der Waals surface area (Å²) in [6.07, 6.45) is 0. The lowest BCUT2D eigenvalue weighted by molar-refractivity contribution is 0.0945. The SMILES string of the molecule is [2H]c1ccccc1C(=O)NCCO. The Bertz CT molecular complexity index is 301. The Balaban J connectivity index is 2.71. The van der Waals surface area contributed by atoms with E-state index in [9.17, 15) is 4.79 Å². The van der Waals surface area contributed by atoms with Crippen LogP contribution in [0.1, 0.15) is 11.7 Å². The summed E-state index contributed by atoms with van der Waals surface area (Å²) in [7, 11) is 0. The molecule has 0 aliphatic carbocycles. The van der Waals surface area contributed by atoms with E-state index in [1.165, 1.54) is 0 Å². The number of amides is 1. The van der Waals surface area contributed by atoms with E-state index in [1.807, 2.05) is 0 Å². The molecule has 0 fully saturated rings. The molecule has 1 amide bonds. The predicted octanol–water partition coefficient (Wildman–Crippen LogP) is 0.409. The molecule has 3 nitrogen and oxygen atoms in total. The fourth-order valence-electron chi connectivity index (χ4n) is 0.799. The zero-order chi connectivity index (χ0) is 9.68. The number of aliphatic hydroxyl groups is 1. The van der Waals surface area contributed by atoms with Gasteiger partial charge in [-0.3, -0.25) is 4.79 Å². The van der Waals surface area contributed by atoms with Crippen molar-refractivity contribution in [2.45, 2.75) is 0 Å². The Morgan fingerprint density at radius 3 is 3.08 bits per heavy atom. The quantitative estimate of drug-likeness (QED) is 0.683. The van der Waals surface area contributed by atoms with E-state index in [2.05, 4.69) is 5.32 Å². The van der Waals surface area contributed by atoms with Crippen LogP contribution in [0.5, 0.6) is 0 Å². The summed E-state index contributed by atoms with van der Waals surface area (Å²) >= 11 is 0. The first kappa shape index (κ1) is 7.31. The Labute approximate surface area is 72.4 Å². The third kappa shape index (κ3) is 2.36. The molecule has 0 aliphatic rings. The Kier molecular flexibility index (Phi) is 2.75. The highest BCUT2D eigenvalue weighted by Gasteiger charge is 2.01. The van der Waals surface area contributed by atoms with Gasteiger partial charge in [-0.2, -0.15) is 0 Å². The molecule has 0 aromatic heterocycles. The highest BCUT2D eigenvalue weighted by molar-refractivity contribution is 5.94. The Morgan fingerprint density at radius 2 is 2.42 bits per heavy atom. The van der Waals surface area contributed by atoms with E-state index in [0.717, 1.165) is 0 Å². The summed E-state index contributed by atoms with van der Waals surface area (Å²) < 4.78 is 7.41. The molecule has 2 N–H and O–H groups in total. The maximum absolute atomic E-state index is 11.3. The lowest BCUT2D eigenvalue weighted by Crippen LogP contribution is -2.26. The number of benzene rings is 1. The maximum Gasteiger partial charge on any atom is 0.251 e. The second-order valence-corrected chi connectivity index (χ2v) is 2.26. The average Bonchev–Trinajstić information content (AvgIpc) is 2.15. The van der Waals surface area contributed by atoms with E-state index in [1.54, 1.807) is 24.3 Å². The molecule has 12 heavy (non-hydrogen) atoms. The van der Waals surface area contributed by atoms with Crippen LogP contribution < -0.4 is 5.32 Å². The van der Waals surface area contributed by atoms with Crippen LogP contribution in [0.15, 0.2) is 30.3 Å². The molecule has 3 heteroatoms. The summed E-state index contributed by atoms with van der Waals surface area (Å²) in [5.41, 5.74) is 0.330. The van der Waals surface area contributed by atoms with Crippen molar-refractivity contribution in [1.29, 1.82) is 0 Å². The highest BCUT2D eigenvalue weighted by Crippen LogP contribution is 1.96. The minimum atomic E-state index is -0.320.